The first-order valence-corrected chi connectivity index (χ1v) is 30.5. The monoisotopic (exact) mass is 1150 g/mol. The van der Waals surface area contributed by atoms with E-state index in [1.54, 1.807) is 24.3 Å². The van der Waals surface area contributed by atoms with Crippen molar-refractivity contribution in [1.82, 2.24) is 14.5 Å². The molecule has 0 bridgehead atoms. The Morgan fingerprint density at radius 2 is 1.58 bits per heavy atom. The second-order valence-corrected chi connectivity index (χ2v) is 24.7. The maximum atomic E-state index is 14.4. The molecule has 0 aromatic heterocycles. The Morgan fingerprint density at radius 1 is 0.908 bits per heavy atom. The molecule has 412 valence electrons. The smallest absolute Gasteiger partial charge is 0.380 e. The second kappa shape index (κ2) is 26.4. The van der Waals surface area contributed by atoms with Gasteiger partial charge in [0, 0.05) is 71.7 Å². The number of amides is 1. The van der Waals surface area contributed by atoms with E-state index in [0.29, 0.717) is 81.2 Å². The molecule has 2 saturated heterocycles. The fourth-order valence-corrected chi connectivity index (χ4v) is 12.7. The highest BCUT2D eigenvalue weighted by atomic mass is 35.5. The number of anilines is 2. The molecule has 3 atom stereocenters. The minimum absolute atomic E-state index is 0.0606. The number of piperidine rings is 1. The van der Waals surface area contributed by atoms with Crippen molar-refractivity contribution in [3.63, 3.8) is 0 Å². The largest absolute Gasteiger partial charge is 0.501 e. The molecule has 24 heteroatoms. The molecule has 0 saturated carbocycles. The Bertz CT molecular complexity index is 2990. The van der Waals surface area contributed by atoms with Crippen LogP contribution in [0.3, 0.4) is 0 Å². The van der Waals surface area contributed by atoms with Crippen LogP contribution in [0.4, 0.5) is 24.5 Å². The van der Waals surface area contributed by atoms with Crippen LogP contribution in [0.25, 0.3) is 11.1 Å². The Kier molecular flexibility index (Phi) is 20.5. The Balaban J connectivity index is 1.05. The molecule has 2 fully saturated rings. The highest BCUT2D eigenvalue weighted by Gasteiger charge is 2.48. The summed E-state index contributed by atoms with van der Waals surface area (Å²) in [6.45, 7) is 9.08. The molecule has 2 aliphatic heterocycles. The average molecular weight is 1150 g/mol. The van der Waals surface area contributed by atoms with Crippen LogP contribution < -0.4 is 14.9 Å². The van der Waals surface area contributed by atoms with Crippen LogP contribution in [0.15, 0.2) is 136 Å². The molecule has 0 radical (unpaired) electrons. The summed E-state index contributed by atoms with van der Waals surface area (Å²) in [5.74, 6) is -0.915. The maximum absolute atomic E-state index is 14.4. The van der Waals surface area contributed by atoms with Gasteiger partial charge in [-0.3, -0.25) is 14.2 Å². The maximum Gasteiger partial charge on any atom is 0.501 e. The van der Waals surface area contributed by atoms with Crippen LogP contribution in [0.5, 0.6) is 0 Å². The number of rotatable bonds is 24. The van der Waals surface area contributed by atoms with E-state index in [4.69, 9.17) is 21.1 Å². The molecule has 0 aliphatic carbocycles. The molecule has 0 spiro atoms. The zero-order chi connectivity index (χ0) is 54.7. The van der Waals surface area contributed by atoms with Gasteiger partial charge in [0.1, 0.15) is 4.90 Å². The van der Waals surface area contributed by atoms with Crippen molar-refractivity contribution in [1.29, 1.82) is 0 Å². The summed E-state index contributed by atoms with van der Waals surface area (Å²) in [4.78, 5) is 37.6. The van der Waals surface area contributed by atoms with E-state index < -0.39 is 73.5 Å². The number of nitrogens with zero attached hydrogens (tertiary/aromatic N) is 3. The first-order valence-electron chi connectivity index (χ1n) is 24.7. The lowest BCUT2D eigenvalue weighted by Gasteiger charge is -2.39. The van der Waals surface area contributed by atoms with Gasteiger partial charge in [0.2, 0.25) is 0 Å². The molecule has 7 rings (SSSR count). The molecular weight excluding hydrogens is 1090 g/mol. The van der Waals surface area contributed by atoms with Gasteiger partial charge in [-0.1, -0.05) is 80.0 Å². The zero-order valence-corrected chi connectivity index (χ0v) is 45.9. The number of hydrogen-bond donors (Lipinski definition) is 4. The number of hydrogen-bond acceptors (Lipinski definition) is 14. The Hall–Kier alpha value is -4.55. The number of phosphoric ester groups is 1. The summed E-state index contributed by atoms with van der Waals surface area (Å²) in [7, 11) is -15.9. The lowest BCUT2D eigenvalue weighted by Crippen LogP contribution is -2.52. The Morgan fingerprint density at radius 3 is 2.24 bits per heavy atom. The first kappa shape index (κ1) is 59.1. The molecule has 2 aliphatic rings. The fraction of sp³-hybridized carbons (Fsp3) is 0.404. The van der Waals surface area contributed by atoms with E-state index in [1.807, 2.05) is 76.4 Å². The lowest BCUT2D eigenvalue weighted by molar-refractivity contribution is -0.0755. The molecule has 1 amide bonds. The number of benzene rings is 5. The van der Waals surface area contributed by atoms with Crippen LogP contribution in [-0.2, 0) is 38.4 Å². The number of morpholine rings is 1. The van der Waals surface area contributed by atoms with Crippen molar-refractivity contribution >= 4 is 68.3 Å². The number of thioether (sulfide) groups is 1. The van der Waals surface area contributed by atoms with Crippen LogP contribution in [0, 0.1) is 5.92 Å². The average Bonchev–Trinajstić information content (AvgIpc) is 3.40. The summed E-state index contributed by atoms with van der Waals surface area (Å²) in [6.07, 6.45) is 0.891. The van der Waals surface area contributed by atoms with Gasteiger partial charge >= 0.3 is 13.3 Å². The third kappa shape index (κ3) is 15.8. The number of alkyl halides is 3. The van der Waals surface area contributed by atoms with Gasteiger partial charge in [-0.15, -0.1) is 11.8 Å². The van der Waals surface area contributed by atoms with Gasteiger partial charge in [-0.2, -0.15) is 13.2 Å². The van der Waals surface area contributed by atoms with Crippen molar-refractivity contribution in [2.75, 3.05) is 81.8 Å². The normalized spacial score (nSPS) is 17.1. The van der Waals surface area contributed by atoms with Crippen LogP contribution in [-0.4, -0.2) is 131 Å². The topological polar surface area (TPSA) is 204 Å². The van der Waals surface area contributed by atoms with Gasteiger partial charge in [0.15, 0.2) is 6.79 Å². The number of carbonyl (C=O) groups is 1. The summed E-state index contributed by atoms with van der Waals surface area (Å²) < 4.78 is 127. The summed E-state index contributed by atoms with van der Waals surface area (Å²) in [5, 5.41) is 3.59. The minimum atomic E-state index is -6.14. The van der Waals surface area contributed by atoms with E-state index in [0.717, 1.165) is 53.4 Å². The number of nitrogens with one attached hydrogen (secondary N) is 2. The summed E-state index contributed by atoms with van der Waals surface area (Å²) in [6, 6.07) is 31.9. The standard InChI is InChI=1S/C52H62ClF3N5O11PS3/c1-3-59(4-2)33-43-34-70-31-30-61(43)29-26-41(35-74-44-10-6-5-7-11-44)57-48-23-22-45(32-49(48)75(66,67)52(54,55)56)76(68,69)58-51(62)39-16-20-42(21-17-39)60-27-24-38(25-28-60)50(71-36-72-73(63,64)65)47-13-9-8-12-46(47)37-14-18-40(53)19-15-37/h5-23,32,38,41,43,50,57H,3-4,24-31,33-36H2,1-2H3,(H,58,62)(H2,63,64,65)/t41-,43+,50-/m1/s1. The van der Waals surface area contributed by atoms with Gasteiger partial charge in [-0.25, -0.2) is 26.1 Å². The van der Waals surface area contributed by atoms with Gasteiger partial charge in [0.05, 0.1) is 29.9 Å². The Labute approximate surface area is 451 Å². The zero-order valence-electron chi connectivity index (χ0n) is 41.9. The van der Waals surface area contributed by atoms with Gasteiger partial charge in [0.25, 0.3) is 25.8 Å². The molecule has 76 heavy (non-hydrogen) atoms. The quantitative estimate of drug-likeness (QED) is 0.0258. The van der Waals surface area contributed by atoms with Crippen molar-refractivity contribution < 1.29 is 63.2 Å². The summed E-state index contributed by atoms with van der Waals surface area (Å²) in [5.41, 5.74) is -3.17. The third-order valence-electron chi connectivity index (χ3n) is 13.5. The number of ether oxygens (including phenoxy) is 2. The van der Waals surface area contributed by atoms with Crippen molar-refractivity contribution in [3.8, 4) is 11.1 Å². The van der Waals surface area contributed by atoms with Crippen LogP contribution in [0.2, 0.25) is 5.02 Å². The minimum Gasteiger partial charge on any atom is -0.380 e. The van der Waals surface area contributed by atoms with Gasteiger partial charge < -0.3 is 34.4 Å². The number of sulfone groups is 1. The van der Waals surface area contributed by atoms with E-state index in [-0.39, 0.29) is 17.5 Å². The highest BCUT2D eigenvalue weighted by Crippen LogP contribution is 2.42. The molecule has 2 heterocycles. The van der Waals surface area contributed by atoms with Gasteiger partial charge in [-0.05, 0) is 122 Å². The third-order valence-corrected chi connectivity index (χ3v) is 18.2. The number of halogens is 4. The van der Waals surface area contributed by atoms with E-state index in [1.165, 1.54) is 23.9 Å². The van der Waals surface area contributed by atoms with Crippen molar-refractivity contribution in [2.24, 2.45) is 5.92 Å². The van der Waals surface area contributed by atoms with Crippen LogP contribution >= 0.6 is 31.2 Å². The number of likely N-dealkylation sites (N-methyl/N-ethyl adjacent to an activating group) is 1. The molecule has 5 aromatic carbocycles. The second-order valence-electron chi connectivity index (χ2n) is 18.3. The SMILES string of the molecule is CCN(CC)C[C@H]1COCCN1CC[C@H](CSc1ccccc1)Nc1ccc(S(=O)(=O)NC(=O)c2ccc(N3CCC([C@@H](OCOP(=O)(O)O)c4ccccc4-c4ccc(Cl)cc4)CC3)cc2)cc1S(=O)(=O)C(F)(F)F. The molecule has 0 unspecified atom stereocenters. The molecule has 4 N–H and O–H groups in total. The van der Waals surface area contributed by atoms with E-state index >= 15 is 0 Å². The lowest BCUT2D eigenvalue weighted by atomic mass is 9.84. The number of phosphoric acid groups is 1. The molecule has 16 nitrogen and oxygen atoms in total. The number of carbonyl (C=O) groups excluding carboxylic acids is 1. The predicted octanol–water partition coefficient (Wildman–Crippen LogP) is 9.47. The van der Waals surface area contributed by atoms with Crippen LogP contribution in [0.1, 0.15) is 55.1 Å². The fourth-order valence-electron chi connectivity index (χ4n) is 9.33. The van der Waals surface area contributed by atoms with E-state index in [9.17, 15) is 49.2 Å². The molecule has 5 aromatic rings. The first-order chi connectivity index (χ1) is 36.2. The number of sulfonamides is 1. The predicted molar refractivity (Wildman–Crippen MR) is 288 cm³/mol. The van der Waals surface area contributed by atoms with Crippen molar-refractivity contribution in [2.45, 2.75) is 71.5 Å². The summed E-state index contributed by atoms with van der Waals surface area (Å²) >= 11 is 7.59. The highest BCUT2D eigenvalue weighted by molar-refractivity contribution is 7.99. The van der Waals surface area contributed by atoms with Crippen molar-refractivity contribution in [3.05, 3.63) is 137 Å². The van der Waals surface area contributed by atoms with E-state index in [2.05, 4.69) is 33.5 Å². The molecular formula is C52H62ClF3N5O11PS3.